The summed E-state index contributed by atoms with van der Waals surface area (Å²) >= 11 is 0. The van der Waals surface area contributed by atoms with E-state index >= 15 is 0 Å². The van der Waals surface area contributed by atoms with Crippen LogP contribution < -0.4 is 0 Å². The predicted molar refractivity (Wildman–Crippen MR) is 47.9 cm³/mol. The topological polar surface area (TPSA) is 65.8 Å². The molecule has 0 amide bonds. The molecule has 0 aromatic heterocycles. The van der Waals surface area contributed by atoms with Crippen molar-refractivity contribution < 1.29 is 4.79 Å². The van der Waals surface area contributed by atoms with E-state index in [0.29, 0.717) is 12.1 Å². The molecule has 2 rings (SSSR count). The molecule has 4 nitrogen and oxygen atoms in total. The van der Waals surface area contributed by atoms with Gasteiger partial charge in [0.1, 0.15) is 0 Å². The second kappa shape index (κ2) is 2.92. The van der Waals surface area contributed by atoms with Gasteiger partial charge in [0.2, 0.25) is 0 Å². The molecule has 1 aromatic carbocycles. The molecule has 1 aliphatic rings. The van der Waals surface area contributed by atoms with Gasteiger partial charge in [-0.15, -0.1) is 0 Å². The smallest absolute Gasteiger partial charge is 0.163 e. The van der Waals surface area contributed by atoms with Crippen molar-refractivity contribution in [2.75, 3.05) is 0 Å². The van der Waals surface area contributed by atoms with Crippen LogP contribution >= 0.6 is 0 Å². The minimum Gasteiger partial charge on any atom is -0.294 e. The van der Waals surface area contributed by atoms with Crippen LogP contribution in [0.25, 0.3) is 10.4 Å². The number of carbonyl (C=O) groups is 1. The van der Waals surface area contributed by atoms with E-state index in [9.17, 15) is 4.79 Å². The molecule has 1 aromatic rings. The Balaban J connectivity index is 2.50. The van der Waals surface area contributed by atoms with E-state index in [1.165, 1.54) is 0 Å². The van der Waals surface area contributed by atoms with E-state index in [1.54, 1.807) is 18.2 Å². The summed E-state index contributed by atoms with van der Waals surface area (Å²) in [5.41, 5.74) is 10.6. The molecule has 64 valence electrons. The number of azide groups is 1. The molecular weight excluding hydrogens is 166 g/mol. The average Bonchev–Trinajstić information content (AvgIpc) is 2.48. The number of carbonyl (C=O) groups excluding carboxylic acids is 1. The lowest BCUT2D eigenvalue weighted by atomic mass is 10.1. The number of fused-ring (bicyclic) bond motifs is 1. The number of hydrogen-bond acceptors (Lipinski definition) is 2. The highest BCUT2D eigenvalue weighted by molar-refractivity contribution is 6.00. The van der Waals surface area contributed by atoms with Crippen molar-refractivity contribution in [2.45, 2.75) is 12.8 Å². The molecule has 13 heavy (non-hydrogen) atoms. The summed E-state index contributed by atoms with van der Waals surface area (Å²) in [5, 5.41) is 3.48. The first-order chi connectivity index (χ1) is 6.31. The molecule has 0 heterocycles. The van der Waals surface area contributed by atoms with Gasteiger partial charge in [-0.05, 0) is 23.6 Å². The normalized spacial score (nSPS) is 13.7. The maximum Gasteiger partial charge on any atom is 0.163 e. The summed E-state index contributed by atoms with van der Waals surface area (Å²) in [5.74, 6) is 0.183. The Labute approximate surface area is 74.8 Å². The standard InChI is InChI=1S/C9H7N3O/c10-12-11-7-2-3-8-6(5-7)1-4-9(8)13/h2-3,5H,1,4H2. The van der Waals surface area contributed by atoms with Crippen molar-refractivity contribution in [3.8, 4) is 0 Å². The van der Waals surface area contributed by atoms with Gasteiger partial charge in [-0.2, -0.15) is 0 Å². The first kappa shape index (κ1) is 7.83. The first-order valence-electron chi connectivity index (χ1n) is 4.02. The average molecular weight is 173 g/mol. The van der Waals surface area contributed by atoms with E-state index < -0.39 is 0 Å². The molecule has 0 N–H and O–H groups in total. The third kappa shape index (κ3) is 1.27. The summed E-state index contributed by atoms with van der Waals surface area (Å²) in [4.78, 5) is 13.9. The van der Waals surface area contributed by atoms with Crippen LogP contribution in [-0.4, -0.2) is 5.78 Å². The summed E-state index contributed by atoms with van der Waals surface area (Å²) in [6.07, 6.45) is 1.35. The Morgan fingerprint density at radius 2 is 2.23 bits per heavy atom. The van der Waals surface area contributed by atoms with Gasteiger partial charge in [0.15, 0.2) is 5.78 Å². The molecule has 0 unspecified atom stereocenters. The van der Waals surface area contributed by atoms with Crippen LogP contribution in [0.3, 0.4) is 0 Å². The third-order valence-corrected chi connectivity index (χ3v) is 2.17. The second-order valence-electron chi connectivity index (χ2n) is 2.95. The Bertz CT molecular complexity index is 419. The first-order valence-corrected chi connectivity index (χ1v) is 4.02. The second-order valence-corrected chi connectivity index (χ2v) is 2.95. The number of Topliss-reactive ketones (excluding diaryl/α,β-unsaturated/α-hetero) is 1. The molecule has 0 fully saturated rings. The van der Waals surface area contributed by atoms with Crippen molar-refractivity contribution in [2.24, 2.45) is 5.11 Å². The molecule has 0 bridgehead atoms. The Hall–Kier alpha value is -1.80. The Morgan fingerprint density at radius 3 is 3.00 bits per heavy atom. The Kier molecular flexibility index (Phi) is 1.76. The Morgan fingerprint density at radius 1 is 1.38 bits per heavy atom. The number of aryl methyl sites for hydroxylation is 1. The van der Waals surface area contributed by atoms with Gasteiger partial charge in [-0.3, -0.25) is 4.79 Å². The van der Waals surface area contributed by atoms with Gasteiger partial charge in [0.25, 0.3) is 0 Å². The van der Waals surface area contributed by atoms with Crippen molar-refractivity contribution >= 4 is 11.5 Å². The number of hydrogen-bond donors (Lipinski definition) is 0. The van der Waals surface area contributed by atoms with Crippen molar-refractivity contribution in [1.82, 2.24) is 0 Å². The van der Waals surface area contributed by atoms with E-state index in [4.69, 9.17) is 5.53 Å². The largest absolute Gasteiger partial charge is 0.294 e. The monoisotopic (exact) mass is 173 g/mol. The van der Waals surface area contributed by atoms with Crippen LogP contribution in [-0.2, 0) is 6.42 Å². The van der Waals surface area contributed by atoms with Gasteiger partial charge in [-0.25, -0.2) is 0 Å². The minimum atomic E-state index is 0.183. The van der Waals surface area contributed by atoms with Crippen LogP contribution in [0.1, 0.15) is 22.3 Å². The summed E-state index contributed by atoms with van der Waals surface area (Å²) in [6.45, 7) is 0. The summed E-state index contributed by atoms with van der Waals surface area (Å²) in [6, 6.07) is 5.18. The van der Waals surface area contributed by atoms with Crippen molar-refractivity contribution in [1.29, 1.82) is 0 Å². The van der Waals surface area contributed by atoms with Gasteiger partial charge in [0, 0.05) is 22.6 Å². The van der Waals surface area contributed by atoms with Gasteiger partial charge in [0.05, 0.1) is 0 Å². The highest BCUT2D eigenvalue weighted by atomic mass is 16.1. The number of nitrogens with zero attached hydrogens (tertiary/aromatic N) is 3. The predicted octanol–water partition coefficient (Wildman–Crippen LogP) is 2.76. The number of ketones is 1. The summed E-state index contributed by atoms with van der Waals surface area (Å²) in [7, 11) is 0. The molecule has 0 saturated carbocycles. The van der Waals surface area contributed by atoms with Gasteiger partial charge in [-0.1, -0.05) is 17.2 Å². The fourth-order valence-electron chi connectivity index (χ4n) is 1.56. The zero-order valence-electron chi connectivity index (χ0n) is 6.90. The zero-order valence-corrected chi connectivity index (χ0v) is 6.90. The lowest BCUT2D eigenvalue weighted by Gasteiger charge is -1.97. The van der Waals surface area contributed by atoms with Crippen LogP contribution in [0.15, 0.2) is 23.3 Å². The van der Waals surface area contributed by atoms with Crippen molar-refractivity contribution in [3.05, 3.63) is 39.8 Å². The SMILES string of the molecule is [N-]=[N+]=Nc1ccc2c(c1)CCC2=O. The highest BCUT2D eigenvalue weighted by Crippen LogP contribution is 2.26. The third-order valence-electron chi connectivity index (χ3n) is 2.17. The van der Waals surface area contributed by atoms with Crippen LogP contribution in [0, 0.1) is 0 Å². The number of rotatable bonds is 1. The molecule has 0 aliphatic heterocycles. The summed E-state index contributed by atoms with van der Waals surface area (Å²) < 4.78 is 0. The maximum atomic E-state index is 11.2. The van der Waals surface area contributed by atoms with Gasteiger partial charge >= 0.3 is 0 Å². The zero-order chi connectivity index (χ0) is 9.26. The molecule has 0 saturated heterocycles. The molecule has 4 heteroatoms. The fourth-order valence-corrected chi connectivity index (χ4v) is 1.56. The lowest BCUT2D eigenvalue weighted by Crippen LogP contribution is -1.89. The van der Waals surface area contributed by atoms with Crippen molar-refractivity contribution in [3.63, 3.8) is 0 Å². The van der Waals surface area contributed by atoms with E-state index in [-0.39, 0.29) is 5.78 Å². The lowest BCUT2D eigenvalue weighted by molar-refractivity contribution is 0.0994. The molecular formula is C9H7N3O. The van der Waals surface area contributed by atoms with Crippen LogP contribution in [0.2, 0.25) is 0 Å². The molecule has 0 spiro atoms. The minimum absolute atomic E-state index is 0.183. The fraction of sp³-hybridized carbons (Fsp3) is 0.222. The number of benzene rings is 1. The molecule has 0 radical (unpaired) electrons. The maximum absolute atomic E-state index is 11.2. The van der Waals surface area contributed by atoms with Crippen LogP contribution in [0.4, 0.5) is 5.69 Å². The molecule has 0 atom stereocenters. The van der Waals surface area contributed by atoms with E-state index in [0.717, 1.165) is 17.5 Å². The van der Waals surface area contributed by atoms with Gasteiger partial charge < -0.3 is 0 Å². The molecule has 1 aliphatic carbocycles. The highest BCUT2D eigenvalue weighted by Gasteiger charge is 2.18. The van der Waals surface area contributed by atoms with E-state index in [1.807, 2.05) is 0 Å². The van der Waals surface area contributed by atoms with Crippen LogP contribution in [0.5, 0.6) is 0 Å². The quantitative estimate of drug-likeness (QED) is 0.365. The van der Waals surface area contributed by atoms with E-state index in [2.05, 4.69) is 10.0 Å².